The maximum absolute atomic E-state index is 11.7. The summed E-state index contributed by atoms with van der Waals surface area (Å²) in [6.45, 7) is 3.03. The van der Waals surface area contributed by atoms with E-state index in [4.69, 9.17) is 23.2 Å². The van der Waals surface area contributed by atoms with Gasteiger partial charge in [-0.05, 0) is 38.1 Å². The fourth-order valence-corrected chi connectivity index (χ4v) is 6.11. The molecular formula is C18H10Cl2O2S2. The maximum atomic E-state index is 11.7. The fourth-order valence-electron chi connectivity index (χ4n) is 2.84. The Bertz CT molecular complexity index is 1090. The second-order valence-electron chi connectivity index (χ2n) is 5.63. The predicted octanol–water partition coefficient (Wildman–Crippen LogP) is 6.98. The molecule has 0 unspecified atom stereocenters. The minimum absolute atomic E-state index is 0.0438. The first kappa shape index (κ1) is 16.0. The number of carbonyl (C=O) groups excluding carboxylic acids is 2. The van der Waals surface area contributed by atoms with E-state index in [1.807, 2.05) is 24.3 Å². The van der Waals surface area contributed by atoms with Crippen LogP contribution in [0.2, 0.25) is 10.0 Å². The van der Waals surface area contributed by atoms with Crippen LogP contribution >= 0.6 is 45.9 Å². The molecule has 4 rings (SSSR count). The Balaban J connectivity index is 2.10. The van der Waals surface area contributed by atoms with Crippen molar-refractivity contribution in [2.45, 2.75) is 13.8 Å². The lowest BCUT2D eigenvalue weighted by Crippen LogP contribution is -1.92. The number of ketones is 2. The summed E-state index contributed by atoms with van der Waals surface area (Å²) < 4.78 is 4.27. The van der Waals surface area contributed by atoms with Crippen LogP contribution < -0.4 is 0 Å². The number of thiophene rings is 2. The van der Waals surface area contributed by atoms with E-state index in [1.54, 1.807) is 22.7 Å². The van der Waals surface area contributed by atoms with Gasteiger partial charge in [-0.2, -0.15) is 0 Å². The molecule has 0 aliphatic heterocycles. The number of Topliss-reactive ketones (excluding diaryl/α,β-unsaturated/α-hetero) is 2. The Morgan fingerprint density at radius 1 is 0.750 bits per heavy atom. The van der Waals surface area contributed by atoms with Crippen LogP contribution in [0.3, 0.4) is 0 Å². The molecule has 0 amide bonds. The minimum Gasteiger partial charge on any atom is -0.294 e. The van der Waals surface area contributed by atoms with Crippen molar-refractivity contribution in [1.82, 2.24) is 0 Å². The molecule has 0 saturated carbocycles. The molecule has 120 valence electrons. The van der Waals surface area contributed by atoms with E-state index in [9.17, 15) is 9.59 Å². The SMILES string of the molecule is CC(=O)c1cc2sc3c4cc(Cl)c(C(C)=O)cc4sc3c2cc1Cl. The lowest BCUT2D eigenvalue weighted by atomic mass is 10.1. The van der Waals surface area contributed by atoms with Crippen molar-refractivity contribution in [3.8, 4) is 0 Å². The van der Waals surface area contributed by atoms with Gasteiger partial charge in [0.1, 0.15) is 0 Å². The van der Waals surface area contributed by atoms with Crippen LogP contribution in [-0.4, -0.2) is 11.6 Å². The molecule has 0 N–H and O–H groups in total. The number of fused-ring (bicyclic) bond motifs is 5. The standard InChI is InChI=1S/C18H10Cl2O2S2/c1-7(21)9-5-15-11(3-13(9)19)17-18(23-15)12-4-14(20)10(8(2)22)6-16(12)24-17/h3-6H,1-2H3. The van der Waals surface area contributed by atoms with Crippen LogP contribution in [0, 0.1) is 0 Å². The zero-order valence-electron chi connectivity index (χ0n) is 12.7. The van der Waals surface area contributed by atoms with E-state index in [0.717, 1.165) is 29.6 Å². The molecule has 4 aromatic rings. The number of hydrogen-bond donors (Lipinski definition) is 0. The average molecular weight is 393 g/mol. The molecule has 0 aliphatic rings. The zero-order chi connectivity index (χ0) is 17.2. The van der Waals surface area contributed by atoms with Gasteiger partial charge in [0.25, 0.3) is 0 Å². The Hall–Kier alpha value is -1.46. The largest absolute Gasteiger partial charge is 0.294 e. The van der Waals surface area contributed by atoms with Gasteiger partial charge in [0, 0.05) is 31.3 Å². The van der Waals surface area contributed by atoms with E-state index in [0.29, 0.717) is 21.2 Å². The zero-order valence-corrected chi connectivity index (χ0v) is 15.8. The molecule has 0 bridgehead atoms. The molecule has 0 aliphatic carbocycles. The fraction of sp³-hybridized carbons (Fsp3) is 0.111. The summed E-state index contributed by atoms with van der Waals surface area (Å²) in [5.74, 6) is -0.0877. The number of carbonyl (C=O) groups is 2. The number of rotatable bonds is 2. The van der Waals surface area contributed by atoms with Crippen LogP contribution in [0.15, 0.2) is 24.3 Å². The van der Waals surface area contributed by atoms with Gasteiger partial charge in [0.15, 0.2) is 11.6 Å². The van der Waals surface area contributed by atoms with E-state index in [2.05, 4.69) is 0 Å². The van der Waals surface area contributed by atoms with Crippen molar-refractivity contribution in [2.75, 3.05) is 0 Å². The first-order valence-electron chi connectivity index (χ1n) is 7.16. The van der Waals surface area contributed by atoms with Crippen molar-refractivity contribution < 1.29 is 9.59 Å². The number of benzene rings is 2. The Morgan fingerprint density at radius 3 is 1.46 bits per heavy atom. The third kappa shape index (κ3) is 2.29. The Morgan fingerprint density at radius 2 is 1.12 bits per heavy atom. The predicted molar refractivity (Wildman–Crippen MR) is 105 cm³/mol. The topological polar surface area (TPSA) is 34.1 Å². The molecule has 0 atom stereocenters. The number of hydrogen-bond acceptors (Lipinski definition) is 4. The van der Waals surface area contributed by atoms with Crippen molar-refractivity contribution in [1.29, 1.82) is 0 Å². The van der Waals surface area contributed by atoms with Gasteiger partial charge in [-0.15, -0.1) is 22.7 Å². The van der Waals surface area contributed by atoms with E-state index in [1.165, 1.54) is 13.8 Å². The van der Waals surface area contributed by atoms with Crippen LogP contribution in [0.1, 0.15) is 34.6 Å². The van der Waals surface area contributed by atoms with Gasteiger partial charge < -0.3 is 0 Å². The van der Waals surface area contributed by atoms with Crippen molar-refractivity contribution in [2.24, 2.45) is 0 Å². The quantitative estimate of drug-likeness (QED) is 0.344. The monoisotopic (exact) mass is 392 g/mol. The smallest absolute Gasteiger partial charge is 0.161 e. The first-order chi connectivity index (χ1) is 11.4. The first-order valence-corrected chi connectivity index (χ1v) is 9.55. The molecule has 2 aromatic heterocycles. The second-order valence-corrected chi connectivity index (χ2v) is 8.55. The molecular weight excluding hydrogens is 383 g/mol. The Kier molecular flexibility index (Phi) is 3.69. The normalized spacial score (nSPS) is 11.7. The van der Waals surface area contributed by atoms with Crippen molar-refractivity contribution in [3.05, 3.63) is 45.4 Å². The highest BCUT2D eigenvalue weighted by molar-refractivity contribution is 7.36. The summed E-state index contributed by atoms with van der Waals surface area (Å²) in [6.07, 6.45) is 0. The molecule has 0 saturated heterocycles. The second kappa shape index (κ2) is 5.53. The third-order valence-corrected chi connectivity index (χ3v) is 7.14. The van der Waals surface area contributed by atoms with E-state index >= 15 is 0 Å². The highest BCUT2D eigenvalue weighted by Gasteiger charge is 2.17. The number of halogens is 2. The molecule has 2 nitrogen and oxygen atoms in total. The highest BCUT2D eigenvalue weighted by Crippen LogP contribution is 2.46. The van der Waals surface area contributed by atoms with Crippen LogP contribution in [0.5, 0.6) is 0 Å². The maximum Gasteiger partial charge on any atom is 0.161 e. The summed E-state index contributed by atoms with van der Waals surface area (Å²) in [5.41, 5.74) is 1.08. The molecule has 0 fully saturated rings. The molecule has 6 heteroatoms. The van der Waals surface area contributed by atoms with Crippen LogP contribution in [-0.2, 0) is 0 Å². The molecule has 0 radical (unpaired) electrons. The lowest BCUT2D eigenvalue weighted by Gasteiger charge is -2.01. The van der Waals surface area contributed by atoms with Crippen LogP contribution in [0.4, 0.5) is 0 Å². The highest BCUT2D eigenvalue weighted by atomic mass is 35.5. The van der Waals surface area contributed by atoms with Gasteiger partial charge in [0.05, 0.1) is 19.4 Å². The molecule has 2 heterocycles. The van der Waals surface area contributed by atoms with Gasteiger partial charge in [-0.25, -0.2) is 0 Å². The van der Waals surface area contributed by atoms with Crippen LogP contribution in [0.25, 0.3) is 29.6 Å². The van der Waals surface area contributed by atoms with Gasteiger partial charge >= 0.3 is 0 Å². The van der Waals surface area contributed by atoms with E-state index < -0.39 is 0 Å². The van der Waals surface area contributed by atoms with Gasteiger partial charge in [-0.1, -0.05) is 23.2 Å². The van der Waals surface area contributed by atoms with Crippen molar-refractivity contribution in [3.63, 3.8) is 0 Å². The summed E-state index contributed by atoms with van der Waals surface area (Å²) >= 11 is 15.8. The Labute approximate surface area is 155 Å². The summed E-state index contributed by atoms with van der Waals surface area (Å²) in [6, 6.07) is 7.42. The third-order valence-electron chi connectivity index (χ3n) is 4.02. The molecule has 24 heavy (non-hydrogen) atoms. The van der Waals surface area contributed by atoms with Crippen molar-refractivity contribution >= 4 is 87.0 Å². The summed E-state index contributed by atoms with van der Waals surface area (Å²) in [4.78, 5) is 23.4. The average Bonchev–Trinajstić information content (AvgIpc) is 3.01. The van der Waals surface area contributed by atoms with E-state index in [-0.39, 0.29) is 11.6 Å². The molecule has 2 aromatic carbocycles. The lowest BCUT2D eigenvalue weighted by molar-refractivity contribution is 0.100. The minimum atomic E-state index is -0.0438. The molecule has 0 spiro atoms. The van der Waals surface area contributed by atoms with Gasteiger partial charge in [0.2, 0.25) is 0 Å². The van der Waals surface area contributed by atoms with Gasteiger partial charge in [-0.3, -0.25) is 9.59 Å². The summed E-state index contributed by atoms with van der Waals surface area (Å²) in [7, 11) is 0. The summed E-state index contributed by atoms with van der Waals surface area (Å²) in [5, 5.41) is 3.00.